The highest BCUT2D eigenvalue weighted by molar-refractivity contribution is 7.98. The lowest BCUT2D eigenvalue weighted by Crippen LogP contribution is -2.09. The Kier molecular flexibility index (Phi) is 4.05. The van der Waals surface area contributed by atoms with Crippen molar-refractivity contribution in [3.05, 3.63) is 57.7 Å². The Hall–Kier alpha value is -2.52. The summed E-state index contributed by atoms with van der Waals surface area (Å²) in [6, 6.07) is 8.74. The van der Waals surface area contributed by atoms with Crippen LogP contribution in [-0.2, 0) is 5.75 Å². The van der Waals surface area contributed by atoms with Crippen LogP contribution in [0.1, 0.15) is 24.7 Å². The predicted molar refractivity (Wildman–Crippen MR) is 103 cm³/mol. The van der Waals surface area contributed by atoms with Crippen LogP contribution in [0.3, 0.4) is 0 Å². The second-order valence-corrected chi connectivity index (χ2v) is 8.18. The van der Waals surface area contributed by atoms with Gasteiger partial charge in [0.25, 0.3) is 5.56 Å². The maximum Gasteiger partial charge on any atom is 0.268 e. The summed E-state index contributed by atoms with van der Waals surface area (Å²) in [5, 5.41) is 11.1. The van der Waals surface area contributed by atoms with Crippen molar-refractivity contribution >= 4 is 33.3 Å². The van der Waals surface area contributed by atoms with Crippen molar-refractivity contribution in [1.82, 2.24) is 24.7 Å². The van der Waals surface area contributed by atoms with Crippen LogP contribution >= 0.6 is 23.1 Å². The maximum atomic E-state index is 14.2. The van der Waals surface area contributed by atoms with Gasteiger partial charge in [-0.05, 0) is 36.4 Å². The molecule has 0 aliphatic heterocycles. The molecule has 0 saturated heterocycles. The number of benzene rings is 1. The van der Waals surface area contributed by atoms with Crippen molar-refractivity contribution in [3.63, 3.8) is 0 Å². The van der Waals surface area contributed by atoms with E-state index in [1.165, 1.54) is 29.2 Å². The summed E-state index contributed by atoms with van der Waals surface area (Å²) < 4.78 is 16.9. The molecule has 1 fully saturated rings. The van der Waals surface area contributed by atoms with Crippen molar-refractivity contribution in [1.29, 1.82) is 0 Å². The van der Waals surface area contributed by atoms with Crippen molar-refractivity contribution in [3.8, 4) is 11.4 Å². The molecule has 0 amide bonds. The molecule has 1 aromatic carbocycles. The van der Waals surface area contributed by atoms with Gasteiger partial charge in [-0.3, -0.25) is 9.36 Å². The maximum absolute atomic E-state index is 14.2. The number of rotatable bonds is 5. The third kappa shape index (κ3) is 3.06. The first kappa shape index (κ1) is 16.6. The van der Waals surface area contributed by atoms with E-state index < -0.39 is 0 Å². The molecule has 1 aliphatic carbocycles. The average molecular weight is 399 g/mol. The number of aromatic amines is 1. The van der Waals surface area contributed by atoms with Gasteiger partial charge in [0.05, 0.1) is 16.8 Å². The Labute approximate surface area is 161 Å². The van der Waals surface area contributed by atoms with Crippen LogP contribution in [0.25, 0.3) is 21.6 Å². The number of hydrogen-bond acceptors (Lipinski definition) is 6. The molecule has 3 heterocycles. The first-order chi connectivity index (χ1) is 13.2. The van der Waals surface area contributed by atoms with E-state index in [1.54, 1.807) is 18.2 Å². The zero-order valence-corrected chi connectivity index (χ0v) is 15.7. The number of aromatic nitrogens is 5. The molecule has 1 aliphatic rings. The van der Waals surface area contributed by atoms with E-state index in [0.717, 1.165) is 12.8 Å². The van der Waals surface area contributed by atoms with E-state index in [9.17, 15) is 9.18 Å². The summed E-state index contributed by atoms with van der Waals surface area (Å²) in [6.07, 6.45) is 2.06. The van der Waals surface area contributed by atoms with E-state index in [0.29, 0.717) is 44.4 Å². The highest BCUT2D eigenvalue weighted by Gasteiger charge is 2.31. The summed E-state index contributed by atoms with van der Waals surface area (Å²) in [5.41, 5.74) is 1.03. The van der Waals surface area contributed by atoms with Gasteiger partial charge in [0.2, 0.25) is 0 Å². The van der Waals surface area contributed by atoms with Crippen LogP contribution in [0.5, 0.6) is 0 Å². The van der Waals surface area contributed by atoms with Crippen LogP contribution in [-0.4, -0.2) is 24.7 Å². The molecule has 3 aromatic heterocycles. The van der Waals surface area contributed by atoms with Crippen molar-refractivity contribution in [2.45, 2.75) is 29.8 Å². The Morgan fingerprint density at radius 2 is 2.11 bits per heavy atom. The van der Waals surface area contributed by atoms with E-state index >= 15 is 0 Å². The van der Waals surface area contributed by atoms with Crippen LogP contribution in [0, 0.1) is 5.82 Å². The third-order valence-corrected chi connectivity index (χ3v) is 6.25. The average Bonchev–Trinajstić information content (AvgIpc) is 3.23. The van der Waals surface area contributed by atoms with E-state index in [1.807, 2.05) is 16.0 Å². The van der Waals surface area contributed by atoms with Gasteiger partial charge in [-0.1, -0.05) is 23.9 Å². The van der Waals surface area contributed by atoms with Gasteiger partial charge in [0, 0.05) is 6.04 Å². The lowest BCUT2D eigenvalue weighted by atomic mass is 10.2. The molecule has 0 radical (unpaired) electrons. The Morgan fingerprint density at radius 3 is 2.93 bits per heavy atom. The van der Waals surface area contributed by atoms with Gasteiger partial charge in [0.15, 0.2) is 11.0 Å². The molecule has 1 saturated carbocycles. The number of halogens is 1. The molecule has 0 spiro atoms. The molecular weight excluding hydrogens is 385 g/mol. The molecule has 0 atom stereocenters. The van der Waals surface area contributed by atoms with Gasteiger partial charge in [-0.25, -0.2) is 9.37 Å². The summed E-state index contributed by atoms with van der Waals surface area (Å²) in [5.74, 6) is 1.29. The van der Waals surface area contributed by atoms with Crippen LogP contribution in [0.4, 0.5) is 4.39 Å². The van der Waals surface area contributed by atoms with E-state index in [4.69, 9.17) is 0 Å². The number of nitrogens with one attached hydrogen (secondary N) is 1. The minimum Gasteiger partial charge on any atom is -0.309 e. The lowest BCUT2D eigenvalue weighted by molar-refractivity contribution is 0.622. The zero-order chi connectivity index (χ0) is 18.4. The molecule has 0 bridgehead atoms. The van der Waals surface area contributed by atoms with Crippen molar-refractivity contribution in [2.24, 2.45) is 0 Å². The van der Waals surface area contributed by atoms with Crippen LogP contribution < -0.4 is 5.56 Å². The quantitative estimate of drug-likeness (QED) is 0.513. The first-order valence-electron chi connectivity index (χ1n) is 8.49. The fourth-order valence-electron chi connectivity index (χ4n) is 2.99. The van der Waals surface area contributed by atoms with Gasteiger partial charge in [0.1, 0.15) is 16.3 Å². The Morgan fingerprint density at radius 1 is 1.26 bits per heavy atom. The topological polar surface area (TPSA) is 76.5 Å². The lowest BCUT2D eigenvalue weighted by Gasteiger charge is -2.09. The second-order valence-electron chi connectivity index (χ2n) is 6.32. The molecule has 0 unspecified atom stereocenters. The molecular formula is C18H14FN5OS2. The second kappa shape index (κ2) is 6.58. The summed E-state index contributed by atoms with van der Waals surface area (Å²) in [7, 11) is 0. The number of thioether (sulfide) groups is 1. The van der Waals surface area contributed by atoms with E-state index in [-0.39, 0.29) is 11.4 Å². The predicted octanol–water partition coefficient (Wildman–Crippen LogP) is 4.01. The summed E-state index contributed by atoms with van der Waals surface area (Å²) >= 11 is 2.83. The molecule has 136 valence electrons. The summed E-state index contributed by atoms with van der Waals surface area (Å²) in [4.78, 5) is 19.4. The minimum absolute atomic E-state index is 0.124. The smallest absolute Gasteiger partial charge is 0.268 e. The standard InChI is InChI=1S/C18H14FN5OS2/c19-12-4-2-1-3-11(12)16-22-23-18(24(16)10-5-6-10)27-9-14-20-13-7-8-26-15(13)17(25)21-14/h1-4,7-8,10H,5-6,9H2,(H,20,21,25). The largest absolute Gasteiger partial charge is 0.309 e. The molecule has 27 heavy (non-hydrogen) atoms. The third-order valence-electron chi connectivity index (χ3n) is 4.39. The SMILES string of the molecule is O=c1[nH]c(CSc2nnc(-c3ccccc3F)n2C2CC2)nc2ccsc12. The van der Waals surface area contributed by atoms with Gasteiger partial charge < -0.3 is 4.98 Å². The Bertz CT molecular complexity index is 1190. The van der Waals surface area contributed by atoms with E-state index in [2.05, 4.69) is 20.2 Å². The molecule has 5 rings (SSSR count). The first-order valence-corrected chi connectivity index (χ1v) is 10.4. The van der Waals surface area contributed by atoms with Crippen molar-refractivity contribution in [2.75, 3.05) is 0 Å². The Balaban J connectivity index is 1.47. The van der Waals surface area contributed by atoms with Crippen molar-refractivity contribution < 1.29 is 4.39 Å². The molecule has 1 N–H and O–H groups in total. The van der Waals surface area contributed by atoms with Gasteiger partial charge in [-0.2, -0.15) is 0 Å². The van der Waals surface area contributed by atoms with Gasteiger partial charge >= 0.3 is 0 Å². The minimum atomic E-state index is -0.308. The molecule has 9 heteroatoms. The van der Waals surface area contributed by atoms with Crippen LogP contribution in [0.15, 0.2) is 45.7 Å². The fourth-order valence-corrected chi connectivity index (χ4v) is 4.59. The summed E-state index contributed by atoms with van der Waals surface area (Å²) in [6.45, 7) is 0. The highest BCUT2D eigenvalue weighted by Crippen LogP contribution is 2.41. The van der Waals surface area contributed by atoms with Crippen LogP contribution in [0.2, 0.25) is 0 Å². The number of thiophene rings is 1. The van der Waals surface area contributed by atoms with Gasteiger partial charge in [-0.15, -0.1) is 21.5 Å². The number of nitrogens with zero attached hydrogens (tertiary/aromatic N) is 4. The fraction of sp³-hybridized carbons (Fsp3) is 0.222. The normalized spacial score (nSPS) is 14.1. The number of H-pyrrole nitrogens is 1. The molecule has 6 nitrogen and oxygen atoms in total. The molecule has 4 aromatic rings. The highest BCUT2D eigenvalue weighted by atomic mass is 32.2. The number of fused-ring (bicyclic) bond motifs is 1. The monoisotopic (exact) mass is 399 g/mol. The zero-order valence-electron chi connectivity index (χ0n) is 14.1. The number of hydrogen-bond donors (Lipinski definition) is 1.